The van der Waals surface area contributed by atoms with E-state index in [0.717, 1.165) is 54.2 Å². The Morgan fingerprint density at radius 3 is 2.11 bits per heavy atom. The van der Waals surface area contributed by atoms with Crippen LogP contribution in [0.25, 0.3) is 0 Å². The number of hydrogen-bond acceptors (Lipinski definition) is 4. The smallest absolute Gasteiger partial charge is 0.244 e. The number of benzene rings is 2. The lowest BCUT2D eigenvalue weighted by Crippen LogP contribution is -2.54. The van der Waals surface area contributed by atoms with Crippen LogP contribution in [-0.2, 0) is 26.2 Å². The molecule has 2 amide bonds. The van der Waals surface area contributed by atoms with Crippen molar-refractivity contribution in [1.29, 1.82) is 0 Å². The third-order valence-corrected chi connectivity index (χ3v) is 8.42. The van der Waals surface area contributed by atoms with Crippen LogP contribution in [0.4, 0.5) is 5.69 Å². The van der Waals surface area contributed by atoms with Crippen LogP contribution in [0.2, 0.25) is 0 Å². The van der Waals surface area contributed by atoms with Gasteiger partial charge in [-0.25, -0.2) is 8.42 Å². The lowest BCUT2D eigenvalue weighted by molar-refractivity contribution is -0.140. The van der Waals surface area contributed by atoms with Gasteiger partial charge in [0.05, 0.1) is 11.9 Å². The van der Waals surface area contributed by atoms with Gasteiger partial charge in [-0.05, 0) is 62.3 Å². The van der Waals surface area contributed by atoms with E-state index in [-0.39, 0.29) is 25.0 Å². The average molecular weight is 528 g/mol. The second-order valence-electron chi connectivity index (χ2n) is 10.2. The molecule has 0 radical (unpaired) electrons. The minimum Gasteiger partial charge on any atom is -0.352 e. The number of sulfonamides is 1. The fourth-order valence-electron chi connectivity index (χ4n) is 5.21. The highest BCUT2D eigenvalue weighted by Crippen LogP contribution is 2.27. The zero-order chi connectivity index (χ0) is 27.2. The minimum absolute atomic E-state index is 0.118. The molecule has 0 bridgehead atoms. The summed E-state index contributed by atoms with van der Waals surface area (Å²) in [6.07, 6.45) is 6.80. The topological polar surface area (TPSA) is 86.8 Å². The molecule has 202 valence electrons. The summed E-state index contributed by atoms with van der Waals surface area (Å²) in [6, 6.07) is 12.7. The number of carbonyl (C=O) groups excluding carboxylic acids is 2. The van der Waals surface area contributed by atoms with Crippen LogP contribution in [0.5, 0.6) is 0 Å². The van der Waals surface area contributed by atoms with Crippen molar-refractivity contribution in [3.63, 3.8) is 0 Å². The first-order valence-corrected chi connectivity index (χ1v) is 15.1. The van der Waals surface area contributed by atoms with Crippen molar-refractivity contribution < 1.29 is 18.0 Å². The molecule has 0 unspecified atom stereocenters. The first-order chi connectivity index (χ1) is 17.5. The zero-order valence-electron chi connectivity index (χ0n) is 22.8. The highest BCUT2D eigenvalue weighted by atomic mass is 32.2. The van der Waals surface area contributed by atoms with E-state index in [2.05, 4.69) is 5.32 Å². The molecule has 1 fully saturated rings. The fraction of sp³-hybridized carbons (Fsp3) is 0.517. The molecule has 2 aromatic carbocycles. The van der Waals surface area contributed by atoms with E-state index < -0.39 is 22.0 Å². The van der Waals surface area contributed by atoms with Crippen molar-refractivity contribution in [2.75, 3.05) is 17.1 Å². The lowest BCUT2D eigenvalue weighted by Gasteiger charge is -2.35. The second kappa shape index (κ2) is 12.6. The number of carbonyl (C=O) groups is 2. The summed E-state index contributed by atoms with van der Waals surface area (Å²) in [6.45, 7) is 7.39. The standard InChI is InChI=1S/C29H41N3O4S/c1-6-26(29(34)30-25-17-8-7-9-18-25)31(19-24-16-11-10-13-21(24)2)27(33)20-32(37(5,35)36)28-22(3)14-12-15-23(28)4/h10-16,25-26H,6-9,17-20H2,1-5H3,(H,30,34)/t26-/m1/s1. The zero-order valence-corrected chi connectivity index (χ0v) is 23.6. The first-order valence-electron chi connectivity index (χ1n) is 13.2. The van der Waals surface area contributed by atoms with Crippen LogP contribution < -0.4 is 9.62 Å². The second-order valence-corrected chi connectivity index (χ2v) is 12.1. The summed E-state index contributed by atoms with van der Waals surface area (Å²) in [5, 5.41) is 3.17. The number of nitrogens with zero attached hydrogens (tertiary/aromatic N) is 2. The lowest BCUT2D eigenvalue weighted by atomic mass is 9.95. The Hall–Kier alpha value is -2.87. The molecule has 0 aromatic heterocycles. The van der Waals surface area contributed by atoms with Crippen molar-refractivity contribution in [1.82, 2.24) is 10.2 Å². The molecule has 0 aliphatic heterocycles. The van der Waals surface area contributed by atoms with Gasteiger partial charge in [0, 0.05) is 12.6 Å². The maximum atomic E-state index is 13.9. The highest BCUT2D eigenvalue weighted by molar-refractivity contribution is 7.92. The van der Waals surface area contributed by atoms with Crippen LogP contribution in [0, 0.1) is 20.8 Å². The Morgan fingerprint density at radius 1 is 0.946 bits per heavy atom. The molecule has 7 nitrogen and oxygen atoms in total. The van der Waals surface area contributed by atoms with E-state index in [9.17, 15) is 18.0 Å². The van der Waals surface area contributed by atoms with Crippen molar-refractivity contribution in [3.8, 4) is 0 Å². The predicted octanol–water partition coefficient (Wildman–Crippen LogP) is 4.63. The Balaban J connectivity index is 1.96. The molecule has 2 aromatic rings. The molecule has 1 aliphatic rings. The van der Waals surface area contributed by atoms with Gasteiger partial charge in [-0.15, -0.1) is 0 Å². The first kappa shape index (κ1) is 28.7. The van der Waals surface area contributed by atoms with Gasteiger partial charge in [0.15, 0.2) is 0 Å². The molecule has 1 N–H and O–H groups in total. The third-order valence-electron chi connectivity index (χ3n) is 7.31. The normalized spacial score (nSPS) is 15.2. The van der Waals surface area contributed by atoms with Crippen LogP contribution in [-0.4, -0.2) is 50.0 Å². The molecule has 8 heteroatoms. The van der Waals surface area contributed by atoms with E-state index in [4.69, 9.17) is 0 Å². The Labute approximate surface area is 222 Å². The van der Waals surface area contributed by atoms with E-state index in [0.29, 0.717) is 12.1 Å². The van der Waals surface area contributed by atoms with Gasteiger partial charge in [-0.1, -0.05) is 68.7 Å². The Kier molecular flexibility index (Phi) is 9.76. The number of rotatable bonds is 10. The molecule has 3 rings (SSSR count). The Bertz CT molecular complexity index is 1190. The molecule has 1 aliphatic carbocycles. The molecule has 0 saturated heterocycles. The number of para-hydroxylation sites is 1. The van der Waals surface area contributed by atoms with Gasteiger partial charge in [-0.2, -0.15) is 0 Å². The summed E-state index contributed by atoms with van der Waals surface area (Å²) in [5.41, 5.74) is 3.99. The predicted molar refractivity (Wildman–Crippen MR) is 149 cm³/mol. The summed E-state index contributed by atoms with van der Waals surface area (Å²) < 4.78 is 27.0. The van der Waals surface area contributed by atoms with Gasteiger partial charge in [0.2, 0.25) is 21.8 Å². The summed E-state index contributed by atoms with van der Waals surface area (Å²) in [5.74, 6) is -0.573. The van der Waals surface area contributed by atoms with Gasteiger partial charge in [-0.3, -0.25) is 13.9 Å². The average Bonchev–Trinajstić information content (AvgIpc) is 2.84. The molecular formula is C29H41N3O4S. The van der Waals surface area contributed by atoms with Gasteiger partial charge in [0.1, 0.15) is 12.6 Å². The summed E-state index contributed by atoms with van der Waals surface area (Å²) in [4.78, 5) is 29.0. The molecule has 37 heavy (non-hydrogen) atoms. The summed E-state index contributed by atoms with van der Waals surface area (Å²) in [7, 11) is -3.76. The maximum absolute atomic E-state index is 13.9. The molecular weight excluding hydrogens is 486 g/mol. The van der Waals surface area contributed by atoms with E-state index in [1.54, 1.807) is 4.90 Å². The fourth-order valence-corrected chi connectivity index (χ4v) is 6.17. The number of aryl methyl sites for hydroxylation is 3. The highest BCUT2D eigenvalue weighted by Gasteiger charge is 2.33. The maximum Gasteiger partial charge on any atom is 0.244 e. The third kappa shape index (κ3) is 7.34. The van der Waals surface area contributed by atoms with Crippen molar-refractivity contribution in [2.45, 2.75) is 84.8 Å². The van der Waals surface area contributed by atoms with Gasteiger partial charge in [0.25, 0.3) is 0 Å². The van der Waals surface area contributed by atoms with Crippen molar-refractivity contribution in [3.05, 3.63) is 64.7 Å². The van der Waals surface area contributed by atoms with Crippen LogP contribution in [0.3, 0.4) is 0 Å². The van der Waals surface area contributed by atoms with Gasteiger partial charge >= 0.3 is 0 Å². The van der Waals surface area contributed by atoms with E-state index >= 15 is 0 Å². The number of amides is 2. The Morgan fingerprint density at radius 2 is 1.54 bits per heavy atom. The van der Waals surface area contributed by atoms with Crippen LogP contribution in [0.1, 0.15) is 67.7 Å². The SMILES string of the molecule is CC[C@H](C(=O)NC1CCCCC1)N(Cc1ccccc1C)C(=O)CN(c1c(C)cccc1C)S(C)(=O)=O. The monoisotopic (exact) mass is 527 g/mol. The van der Waals surface area contributed by atoms with E-state index in [1.165, 1.54) is 10.7 Å². The van der Waals surface area contributed by atoms with Crippen molar-refractivity contribution in [2.24, 2.45) is 0 Å². The van der Waals surface area contributed by atoms with Crippen LogP contribution >= 0.6 is 0 Å². The summed E-state index contributed by atoms with van der Waals surface area (Å²) >= 11 is 0. The van der Waals surface area contributed by atoms with Crippen LogP contribution in [0.15, 0.2) is 42.5 Å². The van der Waals surface area contributed by atoms with E-state index in [1.807, 2.05) is 70.2 Å². The number of anilines is 1. The number of hydrogen-bond donors (Lipinski definition) is 1. The molecule has 1 saturated carbocycles. The van der Waals surface area contributed by atoms with Gasteiger partial charge < -0.3 is 10.2 Å². The minimum atomic E-state index is -3.76. The molecule has 0 spiro atoms. The number of nitrogens with one attached hydrogen (secondary N) is 1. The largest absolute Gasteiger partial charge is 0.352 e. The molecule has 0 heterocycles. The molecule has 1 atom stereocenters. The van der Waals surface area contributed by atoms with Crippen molar-refractivity contribution >= 4 is 27.5 Å². The quantitative estimate of drug-likeness (QED) is 0.488.